The summed E-state index contributed by atoms with van der Waals surface area (Å²) in [6, 6.07) is -0.189. The second-order valence-electron chi connectivity index (χ2n) is 12.6. The maximum absolute atomic E-state index is 13.4. The van der Waals surface area contributed by atoms with Gasteiger partial charge in [0.2, 0.25) is 0 Å². The van der Waals surface area contributed by atoms with E-state index in [0.29, 0.717) is 51.6 Å². The number of ether oxygens (including phenoxy) is 1. The largest absolute Gasteiger partial charge is 0.597 e. The van der Waals surface area contributed by atoms with E-state index in [9.17, 15) is 35.1 Å². The monoisotopic (exact) mass is 651 g/mol. The van der Waals surface area contributed by atoms with Crippen molar-refractivity contribution >= 4 is 10.4 Å². The fourth-order valence-electron chi connectivity index (χ4n) is 6.72. The van der Waals surface area contributed by atoms with Crippen molar-refractivity contribution in [2.24, 2.45) is 5.92 Å². The Hall–Kier alpha value is -0.630. The lowest BCUT2D eigenvalue weighted by Gasteiger charge is -2.44. The molecule has 4 rings (SSSR count). The van der Waals surface area contributed by atoms with Crippen molar-refractivity contribution in [1.29, 1.82) is 0 Å². The van der Waals surface area contributed by atoms with Gasteiger partial charge in [-0.15, -0.1) is 4.31 Å². The molecule has 4 fully saturated rings. The van der Waals surface area contributed by atoms with Gasteiger partial charge in [0.25, 0.3) is 0 Å². The number of nitrogens with one attached hydrogen (secondary N) is 6. The normalized spacial score (nSPS) is 35.6. The molecule has 4 aliphatic rings. The van der Waals surface area contributed by atoms with Gasteiger partial charge in [-0.3, -0.25) is 26.6 Å². The Balaban J connectivity index is 1.31. The molecule has 0 radical (unpaired) electrons. The molecular weight excluding hydrogens is 604 g/mol. The van der Waals surface area contributed by atoms with Crippen molar-refractivity contribution in [2.45, 2.75) is 139 Å². The smallest absolute Gasteiger partial charge is 0.411 e. The van der Waals surface area contributed by atoms with E-state index in [0.717, 1.165) is 12.8 Å². The van der Waals surface area contributed by atoms with E-state index in [-0.39, 0.29) is 31.0 Å². The molecule has 0 spiro atoms. The van der Waals surface area contributed by atoms with Crippen molar-refractivity contribution in [3.05, 3.63) is 0 Å². The Labute approximate surface area is 250 Å². The first-order chi connectivity index (χ1) is 20.1. The second kappa shape index (κ2) is 14.9. The minimum Gasteiger partial charge on any atom is -0.597 e. The maximum atomic E-state index is 13.4. The van der Waals surface area contributed by atoms with E-state index >= 15 is 0 Å². The van der Waals surface area contributed by atoms with Crippen LogP contribution < -0.4 is 31.9 Å². The second-order valence-corrected chi connectivity index (χ2v) is 14.8. The van der Waals surface area contributed by atoms with Crippen molar-refractivity contribution in [3.63, 3.8) is 0 Å². The van der Waals surface area contributed by atoms with Gasteiger partial charge in [-0.1, -0.05) is 24.5 Å². The number of piperidine rings is 1. The van der Waals surface area contributed by atoms with Crippen LogP contribution in [0, 0.1) is 5.92 Å². The van der Waals surface area contributed by atoms with Gasteiger partial charge in [0.15, 0.2) is 6.35 Å². The molecule has 2 saturated heterocycles. The Bertz CT molecular complexity index is 925. The lowest BCUT2D eigenvalue weighted by Crippen LogP contribution is -2.76. The minimum atomic E-state index is -4.56. The van der Waals surface area contributed by atoms with Crippen LogP contribution >= 0.6 is 0 Å². The first kappa shape index (κ1) is 35.2. The maximum Gasteiger partial charge on any atom is 0.411 e. The zero-order valence-electron chi connectivity index (χ0n) is 24.7. The molecule has 8 atom stereocenters. The molecule has 10 nitrogen and oxygen atoms in total. The molecule has 0 aromatic rings. The SMILES string of the molecule is CC(C)NC1CCCC([S+](=O)([O-])N2CCC(NC3NC(NC4CCCC(C(F)(F)F)C4)NC(OCC(F)(F)F)N3)CC2)C1. The number of nitrogens with zero attached hydrogens (tertiary/aromatic N) is 1. The summed E-state index contributed by atoms with van der Waals surface area (Å²) < 4.78 is 112. The molecule has 6 N–H and O–H groups in total. The summed E-state index contributed by atoms with van der Waals surface area (Å²) in [4.78, 5) is 0. The third-order valence-electron chi connectivity index (χ3n) is 8.76. The molecule has 2 aliphatic heterocycles. The fourth-order valence-corrected chi connectivity index (χ4v) is 8.80. The summed E-state index contributed by atoms with van der Waals surface area (Å²) in [6.45, 7) is 3.22. The standard InChI is InChI=1S/C26H47F6N7O3S/c1-16(2)33-20-7-4-8-21(14-20)43(40,41)39-11-9-18(10-12-39)34-22-36-23(38-24(37-22)42-15-25(27,28)29)35-19-6-3-5-17(13-19)26(30,31)32/h16-24,33-38H,3-15H2,1-2H3. The predicted octanol–water partition coefficient (Wildman–Crippen LogP) is 2.82. The highest BCUT2D eigenvalue weighted by Gasteiger charge is 2.44. The van der Waals surface area contributed by atoms with Crippen molar-refractivity contribution in [2.75, 3.05) is 19.7 Å². The Morgan fingerprint density at radius 1 is 0.860 bits per heavy atom. The van der Waals surface area contributed by atoms with Crippen LogP contribution in [0.1, 0.15) is 78.1 Å². The van der Waals surface area contributed by atoms with Gasteiger partial charge in [-0.2, -0.15) is 26.3 Å². The number of rotatable bonds is 10. The number of alkyl halides is 6. The molecule has 252 valence electrons. The van der Waals surface area contributed by atoms with Crippen LogP contribution in [0.3, 0.4) is 0 Å². The summed E-state index contributed by atoms with van der Waals surface area (Å²) in [5.41, 5.74) is 0. The zero-order valence-corrected chi connectivity index (χ0v) is 25.6. The molecule has 17 heteroatoms. The van der Waals surface area contributed by atoms with E-state index in [2.05, 4.69) is 31.9 Å². The summed E-state index contributed by atoms with van der Waals surface area (Å²) in [5, 5.41) is 18.2. The van der Waals surface area contributed by atoms with Gasteiger partial charge in [0.05, 0.1) is 5.92 Å². The van der Waals surface area contributed by atoms with E-state index in [1.54, 1.807) is 4.31 Å². The third-order valence-corrected chi connectivity index (χ3v) is 11.1. The van der Waals surface area contributed by atoms with Gasteiger partial charge in [0.1, 0.15) is 34.8 Å². The van der Waals surface area contributed by atoms with Crippen molar-refractivity contribution in [3.8, 4) is 0 Å². The Kier molecular flexibility index (Phi) is 12.2. The number of hydrogen-bond acceptors (Lipinski definition) is 9. The molecule has 0 aromatic heterocycles. The first-order valence-corrected chi connectivity index (χ1v) is 16.9. The Morgan fingerprint density at radius 3 is 2.07 bits per heavy atom. The molecule has 2 saturated carbocycles. The van der Waals surface area contributed by atoms with Gasteiger partial charge in [0, 0.05) is 43.7 Å². The quantitative estimate of drug-likeness (QED) is 0.156. The van der Waals surface area contributed by atoms with E-state index in [1.807, 2.05) is 13.8 Å². The van der Waals surface area contributed by atoms with Gasteiger partial charge in [-0.05, 0) is 51.4 Å². The molecule has 2 heterocycles. The van der Waals surface area contributed by atoms with Crippen LogP contribution in [0.5, 0.6) is 0 Å². The van der Waals surface area contributed by atoms with Crippen LogP contribution in [-0.2, 0) is 19.3 Å². The van der Waals surface area contributed by atoms with Crippen LogP contribution in [0.25, 0.3) is 0 Å². The fraction of sp³-hybridized carbons (Fsp3) is 1.00. The van der Waals surface area contributed by atoms with Crippen molar-refractivity contribution < 1.29 is 39.8 Å². The molecule has 8 unspecified atom stereocenters. The Morgan fingerprint density at radius 2 is 1.47 bits per heavy atom. The molecule has 0 amide bonds. The molecule has 43 heavy (non-hydrogen) atoms. The number of sulfonamides is 1. The lowest BCUT2D eigenvalue weighted by atomic mass is 9.85. The van der Waals surface area contributed by atoms with Gasteiger partial charge in [-0.25, -0.2) is 0 Å². The summed E-state index contributed by atoms with van der Waals surface area (Å²) in [6.07, 6.45) is -6.82. The van der Waals surface area contributed by atoms with Gasteiger partial charge >= 0.3 is 12.4 Å². The average molecular weight is 652 g/mol. The third kappa shape index (κ3) is 10.7. The van der Waals surface area contributed by atoms with Gasteiger partial charge < -0.3 is 14.6 Å². The number of halogens is 6. The van der Waals surface area contributed by atoms with E-state index in [1.165, 1.54) is 0 Å². The highest BCUT2D eigenvalue weighted by Crippen LogP contribution is 2.37. The highest BCUT2D eigenvalue weighted by molar-refractivity contribution is 7.96. The van der Waals surface area contributed by atoms with Crippen molar-refractivity contribution in [1.82, 2.24) is 36.2 Å². The summed E-state index contributed by atoms with van der Waals surface area (Å²) in [7, 11) is -3.47. The topological polar surface area (TPSA) is 125 Å². The highest BCUT2D eigenvalue weighted by atomic mass is 32.3. The zero-order chi connectivity index (χ0) is 31.4. The minimum absolute atomic E-state index is 0.0564. The van der Waals surface area contributed by atoms with Crippen LogP contribution in [0.2, 0.25) is 0 Å². The number of hydrogen-bond donors (Lipinski definition) is 6. The van der Waals surface area contributed by atoms with E-state index in [4.69, 9.17) is 4.74 Å². The molecular formula is C26H47F6N7O3S. The molecule has 0 aromatic carbocycles. The lowest BCUT2D eigenvalue weighted by molar-refractivity contribution is -0.199. The van der Waals surface area contributed by atoms with Crippen LogP contribution in [0.4, 0.5) is 26.3 Å². The molecule has 2 aliphatic carbocycles. The predicted molar refractivity (Wildman–Crippen MR) is 149 cm³/mol. The summed E-state index contributed by atoms with van der Waals surface area (Å²) >= 11 is 0. The summed E-state index contributed by atoms with van der Waals surface area (Å²) in [5.74, 6) is -1.43. The average Bonchev–Trinajstić information content (AvgIpc) is 2.91. The van der Waals surface area contributed by atoms with E-state index < -0.39 is 65.5 Å². The first-order valence-electron chi connectivity index (χ1n) is 15.4. The van der Waals surface area contributed by atoms with Crippen LogP contribution in [-0.4, -0.2) is 89.3 Å². The van der Waals surface area contributed by atoms with Crippen LogP contribution in [0.15, 0.2) is 0 Å². The molecule has 0 bridgehead atoms.